The topological polar surface area (TPSA) is 20.2 Å². The fourth-order valence-electron chi connectivity index (χ4n) is 1.84. The van der Waals surface area contributed by atoms with Crippen LogP contribution in [0.4, 0.5) is 0 Å². The van der Waals surface area contributed by atoms with Gasteiger partial charge in [-0.3, -0.25) is 0 Å². The van der Waals surface area contributed by atoms with E-state index in [0.29, 0.717) is 0 Å². The molecule has 0 unspecified atom stereocenters. The second kappa shape index (κ2) is 8.49. The van der Waals surface area contributed by atoms with Crippen LogP contribution >= 0.6 is 0 Å². The van der Waals surface area contributed by atoms with Crippen LogP contribution in [0.1, 0.15) is 44.7 Å². The number of aliphatic hydroxyl groups is 1. The monoisotopic (exact) mass is 256 g/mol. The normalized spacial score (nSPS) is 11.9. The highest BCUT2D eigenvalue weighted by Crippen LogP contribution is 2.13. The third kappa shape index (κ3) is 6.78. The van der Waals surface area contributed by atoms with Gasteiger partial charge in [-0.05, 0) is 44.7 Å². The summed E-state index contributed by atoms with van der Waals surface area (Å²) in [7, 11) is 0. The summed E-state index contributed by atoms with van der Waals surface area (Å²) < 4.78 is 0. The standard InChI is InChI=1S/C18H24O/c1-15(2)6-4-7-16(3)14-18-11-9-17(10-12-18)8-5-13-19/h5-6,8-12,14,19H,4,7,13H2,1-3H3. The molecular formula is C18H24O. The van der Waals surface area contributed by atoms with E-state index in [0.717, 1.165) is 18.4 Å². The molecule has 1 nitrogen and oxygen atoms in total. The zero-order valence-corrected chi connectivity index (χ0v) is 12.2. The minimum absolute atomic E-state index is 0.0884. The molecule has 1 N–H and O–H groups in total. The molecule has 102 valence electrons. The molecule has 1 aromatic rings. The lowest BCUT2D eigenvalue weighted by molar-refractivity contribution is 0.343. The van der Waals surface area contributed by atoms with Crippen molar-refractivity contribution >= 4 is 12.2 Å². The zero-order valence-electron chi connectivity index (χ0n) is 12.2. The molecule has 0 saturated carbocycles. The first-order valence-electron chi connectivity index (χ1n) is 6.80. The third-order valence-corrected chi connectivity index (χ3v) is 2.86. The molecule has 0 aliphatic carbocycles. The molecule has 0 aromatic heterocycles. The van der Waals surface area contributed by atoms with Gasteiger partial charge in [0.25, 0.3) is 0 Å². The van der Waals surface area contributed by atoms with E-state index < -0.39 is 0 Å². The molecule has 1 rings (SSSR count). The van der Waals surface area contributed by atoms with Crippen LogP contribution < -0.4 is 0 Å². The summed E-state index contributed by atoms with van der Waals surface area (Å²) >= 11 is 0. The Balaban J connectivity index is 2.60. The van der Waals surface area contributed by atoms with E-state index >= 15 is 0 Å². The first-order valence-corrected chi connectivity index (χ1v) is 6.80. The van der Waals surface area contributed by atoms with Crippen molar-refractivity contribution in [1.82, 2.24) is 0 Å². The van der Waals surface area contributed by atoms with E-state index in [2.05, 4.69) is 57.2 Å². The molecule has 0 fully saturated rings. The second-order valence-corrected chi connectivity index (χ2v) is 5.06. The van der Waals surface area contributed by atoms with Crippen LogP contribution in [0.15, 0.2) is 47.6 Å². The summed E-state index contributed by atoms with van der Waals surface area (Å²) in [6.07, 6.45) is 10.4. The van der Waals surface area contributed by atoms with Gasteiger partial charge in [-0.15, -0.1) is 0 Å². The van der Waals surface area contributed by atoms with Crippen molar-refractivity contribution in [3.05, 3.63) is 58.7 Å². The van der Waals surface area contributed by atoms with Crippen LogP contribution in [0.3, 0.4) is 0 Å². The Morgan fingerprint density at radius 1 is 1.05 bits per heavy atom. The van der Waals surface area contributed by atoms with E-state index in [9.17, 15) is 0 Å². The highest BCUT2D eigenvalue weighted by molar-refractivity contribution is 5.57. The van der Waals surface area contributed by atoms with Gasteiger partial charge in [0.15, 0.2) is 0 Å². The zero-order chi connectivity index (χ0) is 14.1. The summed E-state index contributed by atoms with van der Waals surface area (Å²) in [5.74, 6) is 0. The molecule has 0 spiro atoms. The molecule has 0 atom stereocenters. The van der Waals surface area contributed by atoms with Gasteiger partial charge >= 0.3 is 0 Å². The van der Waals surface area contributed by atoms with Crippen molar-refractivity contribution in [3.8, 4) is 0 Å². The lowest BCUT2D eigenvalue weighted by atomic mass is 10.1. The maximum Gasteiger partial charge on any atom is 0.0615 e. The van der Waals surface area contributed by atoms with Crippen LogP contribution in [0.25, 0.3) is 12.2 Å². The van der Waals surface area contributed by atoms with Gasteiger partial charge in [0.05, 0.1) is 6.61 Å². The Kier molecular flexibility index (Phi) is 6.91. The van der Waals surface area contributed by atoms with Crippen LogP contribution in [-0.4, -0.2) is 11.7 Å². The van der Waals surface area contributed by atoms with Crippen LogP contribution in [0.5, 0.6) is 0 Å². The highest BCUT2D eigenvalue weighted by atomic mass is 16.2. The van der Waals surface area contributed by atoms with Gasteiger partial charge in [-0.1, -0.05) is 59.7 Å². The molecule has 1 aromatic carbocycles. The fraction of sp³-hybridized carbons (Fsp3) is 0.333. The minimum atomic E-state index is 0.0884. The number of hydrogen-bond donors (Lipinski definition) is 1. The van der Waals surface area contributed by atoms with Gasteiger partial charge in [0.2, 0.25) is 0 Å². The predicted molar refractivity (Wildman–Crippen MR) is 84.9 cm³/mol. The molecule has 0 aliphatic rings. The molecular weight excluding hydrogens is 232 g/mol. The lowest BCUT2D eigenvalue weighted by Crippen LogP contribution is -1.80. The van der Waals surface area contributed by atoms with Crippen molar-refractivity contribution in [1.29, 1.82) is 0 Å². The minimum Gasteiger partial charge on any atom is -0.392 e. The third-order valence-electron chi connectivity index (χ3n) is 2.86. The van der Waals surface area contributed by atoms with Crippen molar-refractivity contribution < 1.29 is 5.11 Å². The number of allylic oxidation sites excluding steroid dienone is 3. The van der Waals surface area contributed by atoms with E-state index in [-0.39, 0.29) is 6.61 Å². The van der Waals surface area contributed by atoms with Crippen molar-refractivity contribution in [2.45, 2.75) is 33.6 Å². The molecule has 19 heavy (non-hydrogen) atoms. The van der Waals surface area contributed by atoms with Gasteiger partial charge in [0, 0.05) is 0 Å². The van der Waals surface area contributed by atoms with Gasteiger partial charge in [-0.2, -0.15) is 0 Å². The maximum absolute atomic E-state index is 8.72. The Bertz CT molecular complexity index is 457. The van der Waals surface area contributed by atoms with Gasteiger partial charge < -0.3 is 5.11 Å². The average molecular weight is 256 g/mol. The van der Waals surface area contributed by atoms with Crippen LogP contribution in [-0.2, 0) is 0 Å². The smallest absolute Gasteiger partial charge is 0.0615 e. The molecule has 0 heterocycles. The Morgan fingerprint density at radius 3 is 2.26 bits per heavy atom. The average Bonchev–Trinajstić information content (AvgIpc) is 2.37. The number of aliphatic hydroxyl groups excluding tert-OH is 1. The SMILES string of the molecule is CC(C)=CCCC(C)=Cc1ccc(C=CCO)cc1. The molecule has 0 aliphatic heterocycles. The summed E-state index contributed by atoms with van der Waals surface area (Å²) in [5, 5.41) is 8.72. The van der Waals surface area contributed by atoms with E-state index in [1.54, 1.807) is 6.08 Å². The Morgan fingerprint density at radius 2 is 1.68 bits per heavy atom. The molecule has 1 heteroatoms. The van der Waals surface area contributed by atoms with Crippen LogP contribution in [0.2, 0.25) is 0 Å². The number of benzene rings is 1. The van der Waals surface area contributed by atoms with E-state index in [4.69, 9.17) is 5.11 Å². The van der Waals surface area contributed by atoms with Gasteiger partial charge in [-0.25, -0.2) is 0 Å². The predicted octanol–water partition coefficient (Wildman–Crippen LogP) is 4.84. The summed E-state index contributed by atoms with van der Waals surface area (Å²) in [4.78, 5) is 0. The summed E-state index contributed by atoms with van der Waals surface area (Å²) in [5.41, 5.74) is 5.13. The molecule has 0 amide bonds. The largest absolute Gasteiger partial charge is 0.392 e. The van der Waals surface area contributed by atoms with E-state index in [1.165, 1.54) is 16.7 Å². The second-order valence-electron chi connectivity index (χ2n) is 5.06. The lowest BCUT2D eigenvalue weighted by Gasteiger charge is -2.01. The molecule has 0 radical (unpaired) electrons. The van der Waals surface area contributed by atoms with Crippen molar-refractivity contribution in [3.63, 3.8) is 0 Å². The van der Waals surface area contributed by atoms with Crippen molar-refractivity contribution in [2.75, 3.05) is 6.61 Å². The molecule has 0 bridgehead atoms. The molecule has 0 saturated heterocycles. The quantitative estimate of drug-likeness (QED) is 0.722. The highest BCUT2D eigenvalue weighted by Gasteiger charge is 1.92. The first kappa shape index (κ1) is 15.5. The fourth-order valence-corrected chi connectivity index (χ4v) is 1.84. The summed E-state index contributed by atoms with van der Waals surface area (Å²) in [6.45, 7) is 6.54. The number of hydrogen-bond acceptors (Lipinski definition) is 1. The van der Waals surface area contributed by atoms with Crippen LogP contribution in [0, 0.1) is 0 Å². The number of rotatable bonds is 6. The van der Waals surface area contributed by atoms with Gasteiger partial charge in [0.1, 0.15) is 0 Å². The Labute approximate surface area is 117 Å². The van der Waals surface area contributed by atoms with E-state index in [1.807, 2.05) is 6.08 Å². The van der Waals surface area contributed by atoms with Crippen molar-refractivity contribution in [2.24, 2.45) is 0 Å². The first-order chi connectivity index (χ1) is 9.11. The maximum atomic E-state index is 8.72. The summed E-state index contributed by atoms with van der Waals surface area (Å²) in [6, 6.07) is 8.37. The Hall–Kier alpha value is -1.60.